The molecule has 1 aliphatic rings. The normalized spacial score (nSPS) is 19.2. The summed E-state index contributed by atoms with van der Waals surface area (Å²) in [6, 6.07) is 1.78. The monoisotopic (exact) mass is 198 g/mol. The van der Waals surface area contributed by atoms with Crippen molar-refractivity contribution < 1.29 is 4.74 Å². The summed E-state index contributed by atoms with van der Waals surface area (Å²) in [5.41, 5.74) is -0.106. The molecular formula is C9H11ClN2O. The summed E-state index contributed by atoms with van der Waals surface area (Å²) in [4.78, 5) is 3.89. The van der Waals surface area contributed by atoms with Crippen molar-refractivity contribution in [3.8, 4) is 5.75 Å². The number of rotatable bonds is 2. The Morgan fingerprint density at radius 1 is 1.62 bits per heavy atom. The van der Waals surface area contributed by atoms with Gasteiger partial charge in [-0.05, 0) is 6.92 Å². The van der Waals surface area contributed by atoms with Crippen molar-refractivity contribution in [2.24, 2.45) is 0 Å². The Bertz CT molecular complexity index is 312. The van der Waals surface area contributed by atoms with Gasteiger partial charge in [-0.3, -0.25) is 4.98 Å². The van der Waals surface area contributed by atoms with Crippen molar-refractivity contribution >= 4 is 11.6 Å². The van der Waals surface area contributed by atoms with Gasteiger partial charge < -0.3 is 10.1 Å². The first-order chi connectivity index (χ1) is 6.20. The minimum Gasteiger partial charge on any atom is -0.483 e. The van der Waals surface area contributed by atoms with Crippen LogP contribution in [0.4, 0.5) is 0 Å². The fourth-order valence-corrected chi connectivity index (χ4v) is 1.42. The lowest BCUT2D eigenvalue weighted by Gasteiger charge is -2.39. The van der Waals surface area contributed by atoms with E-state index in [2.05, 4.69) is 17.2 Å². The number of pyridine rings is 1. The molecule has 0 unspecified atom stereocenters. The molecule has 1 saturated heterocycles. The van der Waals surface area contributed by atoms with Crippen molar-refractivity contribution in [3.05, 3.63) is 23.5 Å². The van der Waals surface area contributed by atoms with Gasteiger partial charge in [0, 0.05) is 31.5 Å². The summed E-state index contributed by atoms with van der Waals surface area (Å²) >= 11 is 5.90. The summed E-state index contributed by atoms with van der Waals surface area (Å²) < 4.78 is 5.73. The Hall–Kier alpha value is -0.800. The second kappa shape index (κ2) is 3.16. The topological polar surface area (TPSA) is 34.1 Å². The Labute approximate surface area is 82.1 Å². The van der Waals surface area contributed by atoms with Crippen LogP contribution in [-0.2, 0) is 0 Å². The lowest BCUT2D eigenvalue weighted by molar-refractivity contribution is 0.0349. The zero-order chi connectivity index (χ0) is 9.31. The van der Waals surface area contributed by atoms with E-state index < -0.39 is 0 Å². The van der Waals surface area contributed by atoms with Crippen molar-refractivity contribution in [2.75, 3.05) is 13.1 Å². The summed E-state index contributed by atoms with van der Waals surface area (Å²) in [6.07, 6.45) is 3.27. The van der Waals surface area contributed by atoms with Crippen LogP contribution in [-0.4, -0.2) is 23.7 Å². The molecule has 3 nitrogen and oxygen atoms in total. The molecular weight excluding hydrogens is 188 g/mol. The van der Waals surface area contributed by atoms with Crippen LogP contribution < -0.4 is 10.1 Å². The fourth-order valence-electron chi connectivity index (χ4n) is 1.26. The van der Waals surface area contributed by atoms with Gasteiger partial charge in [-0.1, -0.05) is 11.6 Å². The standard InChI is InChI=1S/C9H11ClN2O/c1-9(5-12-6-9)13-8-2-3-11-4-7(8)10/h2-4,12H,5-6H2,1H3. The first-order valence-corrected chi connectivity index (χ1v) is 4.57. The van der Waals surface area contributed by atoms with Gasteiger partial charge in [0.05, 0.1) is 0 Å². The van der Waals surface area contributed by atoms with E-state index in [4.69, 9.17) is 16.3 Å². The van der Waals surface area contributed by atoms with Crippen LogP contribution >= 0.6 is 11.6 Å². The molecule has 0 radical (unpaired) electrons. The molecule has 0 atom stereocenters. The van der Waals surface area contributed by atoms with Gasteiger partial charge in [0.1, 0.15) is 16.4 Å². The fraction of sp³-hybridized carbons (Fsp3) is 0.444. The van der Waals surface area contributed by atoms with Gasteiger partial charge in [0.2, 0.25) is 0 Å². The van der Waals surface area contributed by atoms with Gasteiger partial charge in [-0.15, -0.1) is 0 Å². The molecule has 1 fully saturated rings. The van der Waals surface area contributed by atoms with Crippen LogP contribution in [0.3, 0.4) is 0 Å². The number of aromatic nitrogens is 1. The van der Waals surface area contributed by atoms with Crippen LogP contribution in [0.1, 0.15) is 6.92 Å². The Balaban J connectivity index is 2.13. The SMILES string of the molecule is CC1(Oc2ccncc2Cl)CNC1. The van der Waals surface area contributed by atoms with E-state index in [0.29, 0.717) is 10.8 Å². The number of nitrogens with zero attached hydrogens (tertiary/aromatic N) is 1. The number of hydrogen-bond acceptors (Lipinski definition) is 3. The maximum atomic E-state index is 5.90. The van der Waals surface area contributed by atoms with Crippen molar-refractivity contribution in [1.82, 2.24) is 10.3 Å². The van der Waals surface area contributed by atoms with Crippen LogP contribution in [0.5, 0.6) is 5.75 Å². The highest BCUT2D eigenvalue weighted by Crippen LogP contribution is 2.27. The largest absolute Gasteiger partial charge is 0.483 e. The molecule has 0 aromatic carbocycles. The van der Waals surface area contributed by atoms with Crippen molar-refractivity contribution in [2.45, 2.75) is 12.5 Å². The lowest BCUT2D eigenvalue weighted by Crippen LogP contribution is -2.61. The predicted octanol–water partition coefficient (Wildman–Crippen LogP) is 1.48. The van der Waals surface area contributed by atoms with E-state index in [1.807, 2.05) is 0 Å². The van der Waals surface area contributed by atoms with E-state index in [9.17, 15) is 0 Å². The summed E-state index contributed by atoms with van der Waals surface area (Å²) in [7, 11) is 0. The first-order valence-electron chi connectivity index (χ1n) is 4.19. The molecule has 0 spiro atoms. The summed E-state index contributed by atoms with van der Waals surface area (Å²) in [5, 5.41) is 3.72. The minimum absolute atomic E-state index is 0.106. The van der Waals surface area contributed by atoms with Gasteiger partial charge in [-0.2, -0.15) is 0 Å². The first kappa shape index (κ1) is 8.78. The quantitative estimate of drug-likeness (QED) is 0.782. The van der Waals surface area contributed by atoms with Gasteiger partial charge in [0.25, 0.3) is 0 Å². The minimum atomic E-state index is -0.106. The molecule has 1 aromatic rings. The van der Waals surface area contributed by atoms with E-state index in [-0.39, 0.29) is 5.60 Å². The third-order valence-electron chi connectivity index (χ3n) is 2.09. The second-order valence-electron chi connectivity index (χ2n) is 3.46. The lowest BCUT2D eigenvalue weighted by atomic mass is 10.00. The second-order valence-corrected chi connectivity index (χ2v) is 3.87. The highest BCUT2D eigenvalue weighted by Gasteiger charge is 2.34. The highest BCUT2D eigenvalue weighted by atomic mass is 35.5. The van der Waals surface area contributed by atoms with E-state index in [1.54, 1.807) is 18.5 Å². The molecule has 0 amide bonds. The van der Waals surface area contributed by atoms with Crippen LogP contribution in [0.25, 0.3) is 0 Å². The molecule has 0 aliphatic carbocycles. The maximum absolute atomic E-state index is 5.90. The Morgan fingerprint density at radius 2 is 2.38 bits per heavy atom. The van der Waals surface area contributed by atoms with Crippen LogP contribution in [0, 0.1) is 0 Å². The maximum Gasteiger partial charge on any atom is 0.141 e. The molecule has 0 bridgehead atoms. The smallest absolute Gasteiger partial charge is 0.141 e. The number of hydrogen-bond donors (Lipinski definition) is 1. The molecule has 1 aromatic heterocycles. The Kier molecular flexibility index (Phi) is 2.14. The molecule has 0 saturated carbocycles. The molecule has 2 rings (SSSR count). The van der Waals surface area contributed by atoms with Gasteiger partial charge in [-0.25, -0.2) is 0 Å². The Morgan fingerprint density at radius 3 is 2.92 bits per heavy atom. The molecule has 13 heavy (non-hydrogen) atoms. The summed E-state index contributed by atoms with van der Waals surface area (Å²) in [6.45, 7) is 3.79. The third-order valence-corrected chi connectivity index (χ3v) is 2.37. The molecule has 2 heterocycles. The zero-order valence-corrected chi connectivity index (χ0v) is 8.14. The average Bonchev–Trinajstić information content (AvgIpc) is 2.06. The van der Waals surface area contributed by atoms with E-state index in [1.165, 1.54) is 0 Å². The third kappa shape index (κ3) is 1.76. The predicted molar refractivity (Wildman–Crippen MR) is 51.1 cm³/mol. The molecule has 4 heteroatoms. The molecule has 70 valence electrons. The summed E-state index contributed by atoms with van der Waals surface area (Å²) in [5.74, 6) is 0.709. The number of ether oxygens (including phenoxy) is 1. The van der Waals surface area contributed by atoms with Crippen LogP contribution in [0.2, 0.25) is 5.02 Å². The number of nitrogens with one attached hydrogen (secondary N) is 1. The zero-order valence-electron chi connectivity index (χ0n) is 7.38. The van der Waals surface area contributed by atoms with Crippen molar-refractivity contribution in [1.29, 1.82) is 0 Å². The van der Waals surface area contributed by atoms with Gasteiger partial charge in [0.15, 0.2) is 0 Å². The highest BCUT2D eigenvalue weighted by molar-refractivity contribution is 6.31. The average molecular weight is 199 g/mol. The van der Waals surface area contributed by atoms with Crippen molar-refractivity contribution in [3.63, 3.8) is 0 Å². The van der Waals surface area contributed by atoms with Crippen LogP contribution in [0.15, 0.2) is 18.5 Å². The van der Waals surface area contributed by atoms with Gasteiger partial charge >= 0.3 is 0 Å². The molecule has 1 N–H and O–H groups in total. The number of halogens is 1. The van der Waals surface area contributed by atoms with E-state index in [0.717, 1.165) is 13.1 Å². The van der Waals surface area contributed by atoms with E-state index >= 15 is 0 Å². The molecule has 1 aliphatic heterocycles.